The van der Waals surface area contributed by atoms with Crippen LogP contribution < -0.4 is 5.73 Å². The fourth-order valence-corrected chi connectivity index (χ4v) is 2.95. The summed E-state index contributed by atoms with van der Waals surface area (Å²) in [7, 11) is 0. The van der Waals surface area contributed by atoms with Gasteiger partial charge in [-0.15, -0.1) is 23.7 Å². The summed E-state index contributed by atoms with van der Waals surface area (Å²) in [5.41, 5.74) is 6.11. The second-order valence-electron chi connectivity index (χ2n) is 5.65. The molecule has 1 aromatic heterocycles. The number of halogens is 1. The second kappa shape index (κ2) is 5.65. The number of likely N-dealkylation sites (tertiary alicyclic amines) is 1. The van der Waals surface area contributed by atoms with Gasteiger partial charge in [0.2, 0.25) is 0 Å². The van der Waals surface area contributed by atoms with Crippen LogP contribution in [0.25, 0.3) is 0 Å². The Morgan fingerprint density at radius 1 is 1.53 bits per heavy atom. The van der Waals surface area contributed by atoms with Crippen molar-refractivity contribution >= 4 is 23.7 Å². The topological polar surface area (TPSA) is 42.2 Å². The van der Waals surface area contributed by atoms with Gasteiger partial charge in [0.1, 0.15) is 5.01 Å². The summed E-state index contributed by atoms with van der Waals surface area (Å²) >= 11 is 1.83. The van der Waals surface area contributed by atoms with E-state index in [1.807, 2.05) is 17.5 Å². The normalized spacial score (nSPS) is 21.5. The Kier molecular flexibility index (Phi) is 4.95. The van der Waals surface area contributed by atoms with Crippen LogP contribution in [-0.4, -0.2) is 29.0 Å². The van der Waals surface area contributed by atoms with Crippen molar-refractivity contribution in [3.8, 4) is 0 Å². The molecule has 1 unspecified atom stereocenters. The summed E-state index contributed by atoms with van der Waals surface area (Å²) in [6, 6.07) is 0.363. The molecule has 0 radical (unpaired) electrons. The molecule has 0 saturated carbocycles. The van der Waals surface area contributed by atoms with E-state index in [1.54, 1.807) is 0 Å². The van der Waals surface area contributed by atoms with Crippen molar-refractivity contribution in [3.63, 3.8) is 0 Å². The summed E-state index contributed by atoms with van der Waals surface area (Å²) in [5.74, 6) is 0. The zero-order chi connectivity index (χ0) is 11.8. The Hall–Kier alpha value is -0.160. The molecule has 1 saturated heterocycles. The van der Waals surface area contributed by atoms with Gasteiger partial charge in [0.15, 0.2) is 0 Å². The van der Waals surface area contributed by atoms with Crippen LogP contribution in [0.3, 0.4) is 0 Å². The summed E-state index contributed by atoms with van der Waals surface area (Å²) < 4.78 is 0. The van der Waals surface area contributed by atoms with Gasteiger partial charge in [0.25, 0.3) is 0 Å². The third-order valence-corrected chi connectivity index (χ3v) is 4.37. The van der Waals surface area contributed by atoms with E-state index in [4.69, 9.17) is 5.73 Å². The van der Waals surface area contributed by atoms with Crippen LogP contribution >= 0.6 is 23.7 Å². The molecule has 1 aromatic rings. The largest absolute Gasteiger partial charge is 0.326 e. The minimum absolute atomic E-state index is 0. The van der Waals surface area contributed by atoms with Crippen molar-refractivity contribution in [2.24, 2.45) is 5.73 Å². The first-order valence-corrected chi connectivity index (χ1v) is 6.70. The molecule has 0 amide bonds. The summed E-state index contributed by atoms with van der Waals surface area (Å²) in [6.45, 7) is 9.80. The molecule has 1 atom stereocenters. The van der Waals surface area contributed by atoms with Gasteiger partial charge >= 0.3 is 0 Å². The lowest BCUT2D eigenvalue weighted by atomic mass is 9.96. The first-order chi connectivity index (χ1) is 7.45. The minimum Gasteiger partial charge on any atom is -0.326 e. The average molecular weight is 276 g/mol. The summed E-state index contributed by atoms with van der Waals surface area (Å²) in [6.07, 6.45) is 3.15. The van der Waals surface area contributed by atoms with Crippen LogP contribution in [0.15, 0.2) is 6.20 Å². The number of thiazole rings is 1. The van der Waals surface area contributed by atoms with Gasteiger partial charge in [-0.05, 0) is 11.8 Å². The first kappa shape index (κ1) is 14.9. The average Bonchev–Trinajstić information content (AvgIpc) is 2.74. The van der Waals surface area contributed by atoms with E-state index in [9.17, 15) is 0 Å². The van der Waals surface area contributed by atoms with Gasteiger partial charge in [-0.1, -0.05) is 20.8 Å². The van der Waals surface area contributed by atoms with Crippen molar-refractivity contribution in [2.75, 3.05) is 13.1 Å². The van der Waals surface area contributed by atoms with Gasteiger partial charge in [-0.25, -0.2) is 4.98 Å². The number of rotatable bonds is 2. The number of nitrogens with zero attached hydrogens (tertiary/aromatic N) is 2. The third kappa shape index (κ3) is 3.91. The maximum atomic E-state index is 5.89. The summed E-state index contributed by atoms with van der Waals surface area (Å²) in [4.78, 5) is 8.27. The summed E-state index contributed by atoms with van der Waals surface area (Å²) in [5, 5.41) is 1.22. The zero-order valence-corrected chi connectivity index (χ0v) is 12.4. The highest BCUT2D eigenvalue weighted by Gasteiger charge is 2.21. The molecule has 1 fully saturated rings. The lowest BCUT2D eigenvalue weighted by Gasteiger charge is -2.15. The van der Waals surface area contributed by atoms with E-state index < -0.39 is 0 Å². The van der Waals surface area contributed by atoms with Gasteiger partial charge < -0.3 is 5.73 Å². The van der Waals surface area contributed by atoms with Crippen LogP contribution in [-0.2, 0) is 12.0 Å². The molecule has 17 heavy (non-hydrogen) atoms. The van der Waals surface area contributed by atoms with Crippen LogP contribution in [0.4, 0.5) is 0 Å². The molecule has 1 aliphatic heterocycles. The van der Waals surface area contributed by atoms with E-state index in [1.165, 1.54) is 9.88 Å². The van der Waals surface area contributed by atoms with Crippen LogP contribution in [0.1, 0.15) is 37.1 Å². The Balaban J connectivity index is 0.00000144. The molecule has 2 rings (SSSR count). The standard InChI is InChI=1S/C12H21N3S.ClH/c1-12(2,3)10-6-14-11(16-10)8-15-5-4-9(13)7-15;/h6,9H,4-5,7-8,13H2,1-3H3;1H. The first-order valence-electron chi connectivity index (χ1n) is 5.88. The number of hydrogen-bond donors (Lipinski definition) is 1. The molecule has 1 aliphatic rings. The van der Waals surface area contributed by atoms with Crippen LogP contribution in [0.5, 0.6) is 0 Å². The van der Waals surface area contributed by atoms with Crippen molar-refractivity contribution in [1.82, 2.24) is 9.88 Å². The quantitative estimate of drug-likeness (QED) is 0.901. The molecule has 3 nitrogen and oxygen atoms in total. The highest BCUT2D eigenvalue weighted by atomic mass is 35.5. The lowest BCUT2D eigenvalue weighted by molar-refractivity contribution is 0.326. The molecule has 2 N–H and O–H groups in total. The molecule has 0 aliphatic carbocycles. The Labute approximate surface area is 114 Å². The molecular weight excluding hydrogens is 254 g/mol. The van der Waals surface area contributed by atoms with E-state index in [0.717, 1.165) is 26.1 Å². The second-order valence-corrected chi connectivity index (χ2v) is 6.77. The lowest BCUT2D eigenvalue weighted by Crippen LogP contribution is -2.26. The highest BCUT2D eigenvalue weighted by Crippen LogP contribution is 2.28. The maximum Gasteiger partial charge on any atom is 0.107 e. The van der Waals surface area contributed by atoms with E-state index in [2.05, 4.69) is 30.7 Å². The Morgan fingerprint density at radius 3 is 2.71 bits per heavy atom. The smallest absolute Gasteiger partial charge is 0.107 e. The predicted octanol–water partition coefficient (Wildman–Crippen LogP) is 2.40. The van der Waals surface area contributed by atoms with Crippen molar-refractivity contribution in [2.45, 2.75) is 45.2 Å². The molecule has 0 aromatic carbocycles. The van der Waals surface area contributed by atoms with Crippen LogP contribution in [0.2, 0.25) is 0 Å². The molecule has 0 spiro atoms. The number of aromatic nitrogens is 1. The van der Waals surface area contributed by atoms with Crippen molar-refractivity contribution < 1.29 is 0 Å². The minimum atomic E-state index is 0. The van der Waals surface area contributed by atoms with Gasteiger partial charge in [0.05, 0.1) is 6.54 Å². The number of hydrogen-bond acceptors (Lipinski definition) is 4. The van der Waals surface area contributed by atoms with Crippen molar-refractivity contribution in [3.05, 3.63) is 16.1 Å². The fourth-order valence-electron chi connectivity index (χ4n) is 1.93. The predicted molar refractivity (Wildman–Crippen MR) is 75.9 cm³/mol. The Morgan fingerprint density at radius 2 is 2.24 bits per heavy atom. The fraction of sp³-hybridized carbons (Fsp3) is 0.750. The van der Waals surface area contributed by atoms with Crippen molar-refractivity contribution in [1.29, 1.82) is 0 Å². The molecule has 2 heterocycles. The highest BCUT2D eigenvalue weighted by molar-refractivity contribution is 7.11. The molecule has 98 valence electrons. The van der Waals surface area contributed by atoms with E-state index in [-0.39, 0.29) is 17.8 Å². The molecule has 5 heteroatoms. The molecule has 0 bridgehead atoms. The van der Waals surface area contributed by atoms with E-state index in [0.29, 0.717) is 6.04 Å². The number of nitrogens with two attached hydrogens (primary N) is 1. The van der Waals surface area contributed by atoms with Crippen LogP contribution in [0, 0.1) is 0 Å². The monoisotopic (exact) mass is 275 g/mol. The zero-order valence-electron chi connectivity index (χ0n) is 10.8. The Bertz CT molecular complexity index is 359. The molecular formula is C12H22ClN3S. The SMILES string of the molecule is CC(C)(C)c1cnc(CN2CCC(N)C2)s1.Cl. The maximum absolute atomic E-state index is 5.89. The van der Waals surface area contributed by atoms with E-state index >= 15 is 0 Å². The van der Waals surface area contributed by atoms with Gasteiger partial charge in [0, 0.05) is 30.2 Å². The van der Waals surface area contributed by atoms with Gasteiger partial charge in [-0.3, -0.25) is 4.90 Å². The van der Waals surface area contributed by atoms with Gasteiger partial charge in [-0.2, -0.15) is 0 Å². The third-order valence-electron chi connectivity index (χ3n) is 2.96.